The third-order valence-electron chi connectivity index (χ3n) is 5.19. The van der Waals surface area contributed by atoms with Crippen LogP contribution in [0.4, 0.5) is 10.1 Å². The van der Waals surface area contributed by atoms with Gasteiger partial charge in [0.05, 0.1) is 36.6 Å². The van der Waals surface area contributed by atoms with Gasteiger partial charge in [-0.3, -0.25) is 9.88 Å². The number of morpholine rings is 1. The second-order valence-electron chi connectivity index (χ2n) is 6.76. The number of ether oxygens (including phenoxy) is 2. The molecule has 26 heavy (non-hydrogen) atoms. The number of fused-ring (bicyclic) bond motifs is 2. The minimum Gasteiger partial charge on any atom is -0.462 e. The van der Waals surface area contributed by atoms with Gasteiger partial charge in [-0.05, 0) is 32.2 Å². The van der Waals surface area contributed by atoms with Crippen LogP contribution in [0.25, 0.3) is 10.9 Å². The van der Waals surface area contributed by atoms with E-state index in [2.05, 4.69) is 21.8 Å². The number of likely N-dealkylation sites (N-methyl/N-ethyl adjacent to an activating group) is 1. The summed E-state index contributed by atoms with van der Waals surface area (Å²) < 4.78 is 25.1. The van der Waals surface area contributed by atoms with E-state index in [4.69, 9.17) is 9.47 Å². The third kappa shape index (κ3) is 2.91. The number of anilines is 1. The van der Waals surface area contributed by atoms with E-state index >= 15 is 0 Å². The Labute approximate surface area is 151 Å². The van der Waals surface area contributed by atoms with Gasteiger partial charge in [0.2, 0.25) is 0 Å². The number of hydrogen-bond donors (Lipinski definition) is 0. The highest BCUT2D eigenvalue weighted by Crippen LogP contribution is 2.35. The number of carbonyl (C=O) groups excluding carboxylic acids is 1. The molecule has 1 aromatic heterocycles. The molecular formula is C19H22FN3O3. The number of esters is 1. The Balaban J connectivity index is 1.82. The fourth-order valence-corrected chi connectivity index (χ4v) is 3.89. The van der Waals surface area contributed by atoms with Crippen LogP contribution in [-0.2, 0) is 9.47 Å². The lowest BCUT2D eigenvalue weighted by Gasteiger charge is -2.33. The summed E-state index contributed by atoms with van der Waals surface area (Å²) in [4.78, 5) is 21.2. The number of rotatable bonds is 3. The SMILES string of the molecule is CCOC(=O)c1cnc2ccc(F)cc2c1N1CC2OCCN(C)C2C1. The summed E-state index contributed by atoms with van der Waals surface area (Å²) in [5, 5.41) is 0.622. The molecule has 2 saturated heterocycles. The van der Waals surface area contributed by atoms with Crippen molar-refractivity contribution in [2.45, 2.75) is 19.1 Å². The van der Waals surface area contributed by atoms with Gasteiger partial charge < -0.3 is 14.4 Å². The average molecular weight is 359 g/mol. The summed E-state index contributed by atoms with van der Waals surface area (Å²) in [5.74, 6) is -0.795. The van der Waals surface area contributed by atoms with Crippen LogP contribution in [-0.4, -0.2) is 67.9 Å². The van der Waals surface area contributed by atoms with Crippen LogP contribution >= 0.6 is 0 Å². The second-order valence-corrected chi connectivity index (χ2v) is 6.76. The number of benzene rings is 1. The largest absolute Gasteiger partial charge is 0.462 e. The highest BCUT2D eigenvalue weighted by Gasteiger charge is 2.40. The molecule has 0 N–H and O–H groups in total. The van der Waals surface area contributed by atoms with Gasteiger partial charge in [0.15, 0.2) is 0 Å². The standard InChI is InChI=1S/C19H22FN3O3/c1-3-25-19(24)14-9-21-15-5-4-12(20)8-13(15)18(14)23-10-16-17(11-23)26-7-6-22(16)2/h4-5,8-9,16-17H,3,6-7,10-11H2,1-2H3. The Morgan fingerprint density at radius 3 is 3.04 bits per heavy atom. The van der Waals surface area contributed by atoms with E-state index in [0.717, 1.165) is 6.54 Å². The predicted molar refractivity (Wildman–Crippen MR) is 96.0 cm³/mol. The molecule has 2 fully saturated rings. The van der Waals surface area contributed by atoms with Crippen LogP contribution < -0.4 is 4.90 Å². The van der Waals surface area contributed by atoms with E-state index in [9.17, 15) is 9.18 Å². The van der Waals surface area contributed by atoms with Crippen molar-refractivity contribution in [3.05, 3.63) is 35.8 Å². The van der Waals surface area contributed by atoms with Crippen LogP contribution in [0.5, 0.6) is 0 Å². The molecule has 0 spiro atoms. The summed E-state index contributed by atoms with van der Waals surface area (Å²) in [6, 6.07) is 4.70. The first-order valence-electron chi connectivity index (χ1n) is 8.90. The van der Waals surface area contributed by atoms with Crippen molar-refractivity contribution in [2.75, 3.05) is 44.8 Å². The molecule has 7 heteroatoms. The van der Waals surface area contributed by atoms with Crippen LogP contribution in [0, 0.1) is 5.82 Å². The molecule has 0 radical (unpaired) electrons. The van der Waals surface area contributed by atoms with Crippen molar-refractivity contribution in [2.24, 2.45) is 0 Å². The normalized spacial score (nSPS) is 23.3. The summed E-state index contributed by atoms with van der Waals surface area (Å²) in [6.07, 6.45) is 1.60. The molecule has 2 atom stereocenters. The monoisotopic (exact) mass is 359 g/mol. The van der Waals surface area contributed by atoms with Gasteiger partial charge in [0.25, 0.3) is 0 Å². The van der Waals surface area contributed by atoms with Crippen molar-refractivity contribution < 1.29 is 18.7 Å². The smallest absolute Gasteiger partial charge is 0.341 e. The van der Waals surface area contributed by atoms with Gasteiger partial charge in [-0.25, -0.2) is 9.18 Å². The van der Waals surface area contributed by atoms with Crippen molar-refractivity contribution in [1.82, 2.24) is 9.88 Å². The molecule has 1 aromatic carbocycles. The van der Waals surface area contributed by atoms with Crippen molar-refractivity contribution in [3.8, 4) is 0 Å². The molecule has 3 heterocycles. The lowest BCUT2D eigenvalue weighted by Crippen LogP contribution is -2.48. The Morgan fingerprint density at radius 1 is 1.42 bits per heavy atom. The van der Waals surface area contributed by atoms with E-state index in [1.165, 1.54) is 18.3 Å². The number of carbonyl (C=O) groups is 1. The zero-order valence-electron chi connectivity index (χ0n) is 14.9. The number of halogens is 1. The highest BCUT2D eigenvalue weighted by molar-refractivity contribution is 6.05. The topological polar surface area (TPSA) is 54.9 Å². The number of nitrogens with zero attached hydrogens (tertiary/aromatic N) is 3. The molecule has 2 aliphatic heterocycles. The number of pyridine rings is 1. The molecule has 0 amide bonds. The van der Waals surface area contributed by atoms with E-state index in [1.807, 2.05) is 0 Å². The van der Waals surface area contributed by atoms with Crippen LogP contribution in [0.2, 0.25) is 0 Å². The predicted octanol–water partition coefficient (Wildman–Crippen LogP) is 2.07. The maximum absolute atomic E-state index is 13.9. The van der Waals surface area contributed by atoms with Crippen LogP contribution in [0.15, 0.2) is 24.4 Å². The molecule has 2 aliphatic rings. The molecule has 0 saturated carbocycles. The van der Waals surface area contributed by atoms with Crippen molar-refractivity contribution in [3.63, 3.8) is 0 Å². The summed E-state index contributed by atoms with van der Waals surface area (Å²) >= 11 is 0. The Hall–Kier alpha value is -2.25. The Bertz CT molecular complexity index is 844. The van der Waals surface area contributed by atoms with Gasteiger partial charge in [-0.1, -0.05) is 0 Å². The summed E-state index contributed by atoms with van der Waals surface area (Å²) in [6.45, 7) is 4.98. The maximum atomic E-state index is 13.9. The first-order valence-corrected chi connectivity index (χ1v) is 8.90. The minimum atomic E-state index is -0.440. The van der Waals surface area contributed by atoms with Crippen LogP contribution in [0.3, 0.4) is 0 Å². The molecule has 2 unspecified atom stereocenters. The number of hydrogen-bond acceptors (Lipinski definition) is 6. The zero-order valence-corrected chi connectivity index (χ0v) is 14.9. The molecule has 138 valence electrons. The van der Waals surface area contributed by atoms with Crippen molar-refractivity contribution >= 4 is 22.6 Å². The minimum absolute atomic E-state index is 0.0700. The lowest BCUT2D eigenvalue weighted by molar-refractivity contribution is -0.0362. The van der Waals surface area contributed by atoms with Gasteiger partial charge in [0, 0.05) is 31.2 Å². The highest BCUT2D eigenvalue weighted by atomic mass is 19.1. The van der Waals surface area contributed by atoms with Gasteiger partial charge >= 0.3 is 5.97 Å². The fourth-order valence-electron chi connectivity index (χ4n) is 3.89. The van der Waals surface area contributed by atoms with Gasteiger partial charge in [-0.15, -0.1) is 0 Å². The third-order valence-corrected chi connectivity index (χ3v) is 5.19. The molecule has 2 aromatic rings. The Morgan fingerprint density at radius 2 is 2.27 bits per heavy atom. The summed E-state index contributed by atoms with van der Waals surface area (Å²) in [7, 11) is 2.08. The van der Waals surface area contributed by atoms with Gasteiger partial charge in [0.1, 0.15) is 11.4 Å². The number of aromatic nitrogens is 1. The zero-order chi connectivity index (χ0) is 18.3. The first kappa shape index (κ1) is 17.2. The van der Waals surface area contributed by atoms with Crippen molar-refractivity contribution in [1.29, 1.82) is 0 Å². The molecular weight excluding hydrogens is 337 g/mol. The summed E-state index contributed by atoms with van der Waals surface area (Å²) in [5.41, 5.74) is 1.70. The molecule has 0 aliphatic carbocycles. The van der Waals surface area contributed by atoms with Gasteiger partial charge in [-0.2, -0.15) is 0 Å². The fraction of sp³-hybridized carbons (Fsp3) is 0.474. The Kier molecular flexibility index (Phi) is 4.50. The molecule has 6 nitrogen and oxygen atoms in total. The second kappa shape index (κ2) is 6.81. The van der Waals surface area contributed by atoms with E-state index in [1.54, 1.807) is 13.0 Å². The van der Waals surface area contributed by atoms with E-state index in [-0.39, 0.29) is 24.6 Å². The van der Waals surface area contributed by atoms with E-state index < -0.39 is 5.97 Å². The average Bonchev–Trinajstić information content (AvgIpc) is 3.06. The maximum Gasteiger partial charge on any atom is 0.341 e. The molecule has 0 bridgehead atoms. The van der Waals surface area contributed by atoms with E-state index in [0.29, 0.717) is 41.9 Å². The quantitative estimate of drug-likeness (QED) is 0.782. The first-order chi connectivity index (χ1) is 12.6. The lowest BCUT2D eigenvalue weighted by atomic mass is 10.1. The van der Waals surface area contributed by atoms with Crippen LogP contribution in [0.1, 0.15) is 17.3 Å². The molecule has 4 rings (SSSR count).